The number of carbonyl (C=O) groups excluding carboxylic acids is 2. The number of carbonyl (C=O) groups is 2. The van der Waals surface area contributed by atoms with Crippen molar-refractivity contribution in [3.63, 3.8) is 0 Å². The number of aromatic hydroxyl groups is 1. The van der Waals surface area contributed by atoms with Crippen LogP contribution in [-0.4, -0.2) is 46.2 Å². The maximum atomic E-state index is 12.9. The van der Waals surface area contributed by atoms with Crippen molar-refractivity contribution in [3.05, 3.63) is 58.7 Å². The number of imide groups is 1. The highest BCUT2D eigenvalue weighted by Crippen LogP contribution is 2.51. The molecule has 0 atom stereocenters. The van der Waals surface area contributed by atoms with Gasteiger partial charge in [0.05, 0.1) is 22.3 Å². The third-order valence-corrected chi connectivity index (χ3v) is 8.52. The molecule has 0 unspecified atom stereocenters. The lowest BCUT2D eigenvalue weighted by Crippen LogP contribution is -2.47. The average molecular weight is 459 g/mol. The van der Waals surface area contributed by atoms with Crippen LogP contribution in [0.3, 0.4) is 0 Å². The smallest absolute Gasteiger partial charge is 0.498 e. The zero-order valence-electron chi connectivity index (χ0n) is 20.1. The molecule has 2 heterocycles. The van der Waals surface area contributed by atoms with Crippen molar-refractivity contribution in [2.45, 2.75) is 82.5 Å². The van der Waals surface area contributed by atoms with E-state index in [1.54, 1.807) is 24.3 Å². The van der Waals surface area contributed by atoms with Crippen LogP contribution in [0.5, 0.6) is 5.75 Å². The molecule has 0 bridgehead atoms. The van der Waals surface area contributed by atoms with Crippen LogP contribution in [0.25, 0.3) is 0 Å². The summed E-state index contributed by atoms with van der Waals surface area (Å²) in [7, 11) is -0.607. The number of hydrogen-bond donors (Lipinski definition) is 1. The standard InChI is InChI=1S/C27H30BNO5/c1-26(2)27(3,4)34-28(33-26)21-12-11-18(22(23(21)30)15-9-10-15)16-13-17(14-16)29-24(31)19-7-5-6-8-20(19)25(29)32/h5-8,11-12,15-17,30H,9-10,13-14H2,1-4H3. The highest BCUT2D eigenvalue weighted by Gasteiger charge is 2.53. The molecule has 0 spiro atoms. The van der Waals surface area contributed by atoms with Crippen molar-refractivity contribution in [3.8, 4) is 5.75 Å². The minimum Gasteiger partial charge on any atom is -0.508 e. The molecule has 7 heteroatoms. The van der Waals surface area contributed by atoms with E-state index < -0.39 is 18.3 Å². The van der Waals surface area contributed by atoms with Crippen LogP contribution in [0.15, 0.2) is 36.4 Å². The number of amides is 2. The lowest BCUT2D eigenvalue weighted by molar-refractivity contribution is 0.00578. The SMILES string of the molecule is CC1(C)OB(c2ccc(C3CC(N4C(=O)c5ccccc5C4=O)C3)c(C3CC3)c2O)OC1(C)C. The molecule has 2 aliphatic carbocycles. The van der Waals surface area contributed by atoms with Crippen molar-refractivity contribution in [1.82, 2.24) is 4.90 Å². The number of fused-ring (bicyclic) bond motifs is 1. The Balaban J connectivity index is 1.25. The second-order valence-corrected chi connectivity index (χ2v) is 11.2. The minimum atomic E-state index is -0.607. The molecule has 2 saturated carbocycles. The van der Waals surface area contributed by atoms with Crippen molar-refractivity contribution < 1.29 is 24.0 Å². The molecule has 6 nitrogen and oxygen atoms in total. The molecule has 0 radical (unpaired) electrons. The molecule has 1 N–H and O–H groups in total. The Morgan fingerprint density at radius 1 is 0.882 bits per heavy atom. The van der Waals surface area contributed by atoms with Crippen molar-refractivity contribution >= 4 is 24.4 Å². The summed E-state index contributed by atoms with van der Waals surface area (Å²) in [4.78, 5) is 27.2. The van der Waals surface area contributed by atoms with E-state index in [-0.39, 0.29) is 29.5 Å². The van der Waals surface area contributed by atoms with Gasteiger partial charge in [0.15, 0.2) is 0 Å². The molecular formula is C27H30BNO5. The van der Waals surface area contributed by atoms with E-state index >= 15 is 0 Å². The molecule has 2 amide bonds. The van der Waals surface area contributed by atoms with Gasteiger partial charge in [-0.15, -0.1) is 0 Å². The molecule has 2 aliphatic heterocycles. The van der Waals surface area contributed by atoms with Crippen LogP contribution in [0.2, 0.25) is 0 Å². The number of benzene rings is 2. The highest BCUT2D eigenvalue weighted by molar-refractivity contribution is 6.63. The van der Waals surface area contributed by atoms with Gasteiger partial charge in [0.2, 0.25) is 0 Å². The molecule has 4 aliphatic rings. The normalized spacial score (nSPS) is 27.2. The summed E-state index contributed by atoms with van der Waals surface area (Å²) in [5.41, 5.74) is 2.86. The Labute approximate surface area is 200 Å². The van der Waals surface area contributed by atoms with Crippen LogP contribution >= 0.6 is 0 Å². The molecule has 2 aromatic carbocycles. The maximum Gasteiger partial charge on any atom is 0.498 e. The summed E-state index contributed by atoms with van der Waals surface area (Å²) in [6.45, 7) is 8.03. The van der Waals surface area contributed by atoms with Gasteiger partial charge in [-0.3, -0.25) is 14.5 Å². The van der Waals surface area contributed by atoms with Gasteiger partial charge in [0.25, 0.3) is 11.8 Å². The summed E-state index contributed by atoms with van der Waals surface area (Å²) in [6, 6.07) is 11.0. The second kappa shape index (κ2) is 7.19. The summed E-state index contributed by atoms with van der Waals surface area (Å²) >= 11 is 0. The van der Waals surface area contributed by atoms with Gasteiger partial charge in [-0.25, -0.2) is 0 Å². The Morgan fingerprint density at radius 2 is 1.44 bits per heavy atom. The Bertz CT molecular complexity index is 1160. The fourth-order valence-corrected chi connectivity index (χ4v) is 5.55. The monoisotopic (exact) mass is 459 g/mol. The van der Waals surface area contributed by atoms with Crippen LogP contribution in [0.4, 0.5) is 0 Å². The third kappa shape index (κ3) is 3.10. The number of hydrogen-bond acceptors (Lipinski definition) is 5. The van der Waals surface area contributed by atoms with Crippen LogP contribution in [0.1, 0.15) is 97.1 Å². The first-order valence-electron chi connectivity index (χ1n) is 12.3. The van der Waals surface area contributed by atoms with E-state index in [1.165, 1.54) is 4.90 Å². The lowest BCUT2D eigenvalue weighted by Gasteiger charge is -2.41. The van der Waals surface area contributed by atoms with Gasteiger partial charge in [-0.05, 0) is 82.9 Å². The van der Waals surface area contributed by atoms with Gasteiger partial charge in [0.1, 0.15) is 5.75 Å². The zero-order chi connectivity index (χ0) is 24.0. The van der Waals surface area contributed by atoms with E-state index in [1.807, 2.05) is 33.8 Å². The predicted octanol–water partition coefficient (Wildman–Crippen LogP) is 4.11. The van der Waals surface area contributed by atoms with Crippen LogP contribution in [0, 0.1) is 0 Å². The Hall–Kier alpha value is -2.64. The highest BCUT2D eigenvalue weighted by atomic mass is 16.7. The molecule has 34 heavy (non-hydrogen) atoms. The topological polar surface area (TPSA) is 76.1 Å². The van der Waals surface area contributed by atoms with Gasteiger partial charge in [-0.1, -0.05) is 24.3 Å². The third-order valence-electron chi connectivity index (χ3n) is 8.52. The van der Waals surface area contributed by atoms with Crippen LogP contribution in [-0.2, 0) is 9.31 Å². The zero-order valence-corrected chi connectivity index (χ0v) is 20.1. The summed E-state index contributed by atoms with van der Waals surface area (Å²) in [5.74, 6) is 0.456. The maximum absolute atomic E-state index is 12.9. The largest absolute Gasteiger partial charge is 0.508 e. The summed E-state index contributed by atoms with van der Waals surface area (Å²) in [5, 5.41) is 11.4. The van der Waals surface area contributed by atoms with Gasteiger partial charge in [0, 0.05) is 17.1 Å². The van der Waals surface area contributed by atoms with E-state index in [0.717, 1.165) is 36.8 Å². The molecular weight excluding hydrogens is 429 g/mol. The lowest BCUT2D eigenvalue weighted by atomic mass is 9.70. The molecule has 6 rings (SSSR count). The van der Waals surface area contributed by atoms with Gasteiger partial charge in [-0.2, -0.15) is 0 Å². The van der Waals surface area contributed by atoms with E-state index in [9.17, 15) is 14.7 Å². The van der Waals surface area contributed by atoms with E-state index in [2.05, 4.69) is 6.07 Å². The molecule has 1 saturated heterocycles. The predicted molar refractivity (Wildman–Crippen MR) is 129 cm³/mol. The first kappa shape index (κ1) is 21.9. The molecule has 176 valence electrons. The van der Waals surface area contributed by atoms with Gasteiger partial charge >= 0.3 is 7.12 Å². The Morgan fingerprint density at radius 3 is 1.97 bits per heavy atom. The molecule has 2 aromatic rings. The summed E-state index contributed by atoms with van der Waals surface area (Å²) in [6.07, 6.45) is 3.56. The summed E-state index contributed by atoms with van der Waals surface area (Å²) < 4.78 is 12.4. The molecule has 3 fully saturated rings. The number of nitrogens with zero attached hydrogens (tertiary/aromatic N) is 1. The quantitative estimate of drug-likeness (QED) is 0.550. The minimum absolute atomic E-state index is 0.102. The van der Waals surface area contributed by atoms with E-state index in [4.69, 9.17) is 9.31 Å². The first-order chi connectivity index (χ1) is 16.1. The number of rotatable bonds is 4. The van der Waals surface area contributed by atoms with Gasteiger partial charge < -0.3 is 14.4 Å². The van der Waals surface area contributed by atoms with Crippen LogP contribution < -0.4 is 5.46 Å². The van der Waals surface area contributed by atoms with Crippen molar-refractivity contribution in [1.29, 1.82) is 0 Å². The van der Waals surface area contributed by atoms with Crippen molar-refractivity contribution in [2.75, 3.05) is 0 Å². The Kier molecular flexibility index (Phi) is 4.62. The number of phenolic OH excluding ortho intramolecular Hbond substituents is 1. The average Bonchev–Trinajstić information content (AvgIpc) is 3.51. The second-order valence-electron chi connectivity index (χ2n) is 11.2. The fourth-order valence-electron chi connectivity index (χ4n) is 5.55. The first-order valence-corrected chi connectivity index (χ1v) is 12.3. The van der Waals surface area contributed by atoms with Crippen molar-refractivity contribution in [2.24, 2.45) is 0 Å². The molecule has 0 aromatic heterocycles. The van der Waals surface area contributed by atoms with E-state index in [0.29, 0.717) is 22.5 Å². The fraction of sp³-hybridized carbons (Fsp3) is 0.481. The number of phenols is 1.